The Morgan fingerprint density at radius 3 is 2.86 bits per heavy atom. The van der Waals surface area contributed by atoms with E-state index in [1.54, 1.807) is 12.3 Å². The minimum atomic E-state index is -0.296. The van der Waals surface area contributed by atoms with Crippen LogP contribution in [0, 0.1) is 5.92 Å². The molecule has 2 aliphatic rings. The Hall–Kier alpha value is -1.62. The number of esters is 1. The molecule has 2 fully saturated rings. The zero-order valence-electron chi connectivity index (χ0n) is 12.5. The zero-order chi connectivity index (χ0) is 14.7. The quantitative estimate of drug-likeness (QED) is 0.796. The number of carbonyl (C=O) groups excluding carboxylic acids is 1. The highest BCUT2D eigenvalue weighted by molar-refractivity contribution is 5.89. The Morgan fingerprint density at radius 2 is 2.24 bits per heavy atom. The van der Waals surface area contributed by atoms with Gasteiger partial charge in [-0.3, -0.25) is 0 Å². The van der Waals surface area contributed by atoms with Gasteiger partial charge in [0.2, 0.25) is 0 Å². The van der Waals surface area contributed by atoms with Gasteiger partial charge in [0, 0.05) is 31.8 Å². The summed E-state index contributed by atoms with van der Waals surface area (Å²) < 4.78 is 10.8. The molecule has 21 heavy (non-hydrogen) atoms. The van der Waals surface area contributed by atoms with E-state index < -0.39 is 0 Å². The maximum atomic E-state index is 12.1. The molecule has 3 heterocycles. The number of hydrogen-bond acceptors (Lipinski definition) is 5. The van der Waals surface area contributed by atoms with Crippen molar-refractivity contribution >= 4 is 11.8 Å². The second-order valence-corrected chi connectivity index (χ2v) is 5.83. The van der Waals surface area contributed by atoms with Crippen molar-refractivity contribution in [1.29, 1.82) is 0 Å². The first-order valence-electron chi connectivity index (χ1n) is 7.74. The number of rotatable bonds is 4. The lowest BCUT2D eigenvalue weighted by atomic mass is 10.0. The summed E-state index contributed by atoms with van der Waals surface area (Å²) in [5, 5.41) is 0. The lowest BCUT2D eigenvalue weighted by Crippen LogP contribution is -2.24. The van der Waals surface area contributed by atoms with Crippen LogP contribution in [0.25, 0.3) is 0 Å². The first-order chi connectivity index (χ1) is 10.2. The van der Waals surface area contributed by atoms with Crippen LogP contribution in [0.2, 0.25) is 0 Å². The van der Waals surface area contributed by atoms with Crippen LogP contribution in [-0.4, -0.2) is 43.4 Å². The predicted octanol–water partition coefficient (Wildman–Crippen LogP) is 2.26. The van der Waals surface area contributed by atoms with E-state index in [1.807, 2.05) is 13.0 Å². The minimum Gasteiger partial charge on any atom is -0.459 e. The molecule has 3 rings (SSSR count). The molecule has 1 aromatic heterocycles. The number of pyridine rings is 1. The van der Waals surface area contributed by atoms with Crippen molar-refractivity contribution in [3.05, 3.63) is 23.9 Å². The molecule has 2 saturated heterocycles. The van der Waals surface area contributed by atoms with Crippen LogP contribution in [0.4, 0.5) is 5.82 Å². The third kappa shape index (κ3) is 3.35. The van der Waals surface area contributed by atoms with E-state index in [0.29, 0.717) is 18.1 Å². The number of ether oxygens (including phenoxy) is 2. The van der Waals surface area contributed by atoms with E-state index in [2.05, 4.69) is 9.88 Å². The standard InChI is InChI=1S/C16H22N2O3/c1-12(14-6-9-20-11-14)21-16(19)13-4-5-15(17-10-13)18-7-2-3-8-18/h4-5,10,12,14H,2-3,6-9,11H2,1H3/t12-,14+/m1/s1. The fourth-order valence-electron chi connectivity index (χ4n) is 2.90. The molecular formula is C16H22N2O3. The highest BCUT2D eigenvalue weighted by atomic mass is 16.5. The smallest absolute Gasteiger partial charge is 0.339 e. The van der Waals surface area contributed by atoms with E-state index in [0.717, 1.165) is 31.9 Å². The Labute approximate surface area is 125 Å². The number of aromatic nitrogens is 1. The van der Waals surface area contributed by atoms with E-state index in [9.17, 15) is 4.79 Å². The topological polar surface area (TPSA) is 51.7 Å². The molecule has 5 nitrogen and oxygen atoms in total. The molecule has 5 heteroatoms. The van der Waals surface area contributed by atoms with Gasteiger partial charge in [-0.15, -0.1) is 0 Å². The largest absolute Gasteiger partial charge is 0.459 e. The minimum absolute atomic E-state index is 0.113. The summed E-state index contributed by atoms with van der Waals surface area (Å²) >= 11 is 0. The van der Waals surface area contributed by atoms with Crippen LogP contribution in [-0.2, 0) is 9.47 Å². The maximum absolute atomic E-state index is 12.1. The fourth-order valence-corrected chi connectivity index (χ4v) is 2.90. The van der Waals surface area contributed by atoms with E-state index >= 15 is 0 Å². The molecule has 0 aliphatic carbocycles. The summed E-state index contributed by atoms with van der Waals surface area (Å²) in [7, 11) is 0. The Morgan fingerprint density at radius 1 is 1.43 bits per heavy atom. The van der Waals surface area contributed by atoms with E-state index in [1.165, 1.54) is 12.8 Å². The SMILES string of the molecule is C[C@@H](OC(=O)c1ccc(N2CCCC2)nc1)[C@H]1CCOC1. The van der Waals surface area contributed by atoms with Crippen molar-refractivity contribution in [2.45, 2.75) is 32.3 Å². The molecule has 0 saturated carbocycles. The zero-order valence-corrected chi connectivity index (χ0v) is 12.5. The van der Waals surface area contributed by atoms with Crippen LogP contribution in [0.15, 0.2) is 18.3 Å². The molecule has 1 aromatic rings. The lowest BCUT2D eigenvalue weighted by molar-refractivity contribution is 0.0179. The van der Waals surface area contributed by atoms with Crippen molar-refractivity contribution < 1.29 is 14.3 Å². The number of anilines is 1. The van der Waals surface area contributed by atoms with Crippen LogP contribution in [0.1, 0.15) is 36.5 Å². The molecule has 0 N–H and O–H groups in total. The summed E-state index contributed by atoms with van der Waals surface area (Å²) in [6.45, 7) is 5.48. The number of hydrogen-bond donors (Lipinski definition) is 0. The van der Waals surface area contributed by atoms with Gasteiger partial charge in [-0.05, 0) is 38.3 Å². The normalized spacial score (nSPS) is 23.3. The summed E-state index contributed by atoms with van der Waals surface area (Å²) in [6, 6.07) is 3.71. The van der Waals surface area contributed by atoms with Crippen LogP contribution in [0.5, 0.6) is 0 Å². The molecule has 2 aliphatic heterocycles. The molecule has 0 aromatic carbocycles. The molecule has 0 radical (unpaired) electrons. The summed E-state index contributed by atoms with van der Waals surface area (Å²) in [6.07, 6.45) is 4.89. The molecule has 0 spiro atoms. The lowest BCUT2D eigenvalue weighted by Gasteiger charge is -2.19. The molecule has 0 unspecified atom stereocenters. The van der Waals surface area contributed by atoms with Crippen molar-refractivity contribution in [1.82, 2.24) is 4.98 Å². The van der Waals surface area contributed by atoms with Gasteiger partial charge < -0.3 is 14.4 Å². The monoisotopic (exact) mass is 290 g/mol. The molecule has 0 amide bonds. The third-order valence-corrected chi connectivity index (χ3v) is 4.34. The summed E-state index contributed by atoms with van der Waals surface area (Å²) in [5.74, 6) is 0.960. The highest BCUT2D eigenvalue weighted by Crippen LogP contribution is 2.21. The second kappa shape index (κ2) is 6.43. The van der Waals surface area contributed by atoms with Gasteiger partial charge >= 0.3 is 5.97 Å². The average molecular weight is 290 g/mol. The van der Waals surface area contributed by atoms with Gasteiger partial charge in [0.1, 0.15) is 11.9 Å². The van der Waals surface area contributed by atoms with Crippen LogP contribution < -0.4 is 4.90 Å². The highest BCUT2D eigenvalue weighted by Gasteiger charge is 2.25. The molecular weight excluding hydrogens is 268 g/mol. The number of carbonyl (C=O) groups is 1. The van der Waals surface area contributed by atoms with Crippen LogP contribution in [0.3, 0.4) is 0 Å². The summed E-state index contributed by atoms with van der Waals surface area (Å²) in [4.78, 5) is 18.8. The first kappa shape index (κ1) is 14.3. The van der Waals surface area contributed by atoms with Crippen LogP contribution >= 0.6 is 0 Å². The van der Waals surface area contributed by atoms with Gasteiger partial charge in [-0.2, -0.15) is 0 Å². The molecule has 114 valence electrons. The maximum Gasteiger partial charge on any atom is 0.339 e. The number of nitrogens with zero attached hydrogens (tertiary/aromatic N) is 2. The van der Waals surface area contributed by atoms with Gasteiger partial charge in [-0.25, -0.2) is 9.78 Å². The van der Waals surface area contributed by atoms with Gasteiger partial charge in [-0.1, -0.05) is 0 Å². The molecule has 0 bridgehead atoms. The Bertz CT molecular complexity index is 477. The molecule has 2 atom stereocenters. The first-order valence-corrected chi connectivity index (χ1v) is 7.74. The Kier molecular flexibility index (Phi) is 4.39. The third-order valence-electron chi connectivity index (χ3n) is 4.34. The van der Waals surface area contributed by atoms with Crippen molar-refractivity contribution in [2.75, 3.05) is 31.2 Å². The van der Waals surface area contributed by atoms with E-state index in [4.69, 9.17) is 9.47 Å². The van der Waals surface area contributed by atoms with Crippen molar-refractivity contribution in [3.63, 3.8) is 0 Å². The Balaban J connectivity index is 1.59. The second-order valence-electron chi connectivity index (χ2n) is 5.83. The van der Waals surface area contributed by atoms with Crippen molar-refractivity contribution in [2.24, 2.45) is 5.92 Å². The van der Waals surface area contributed by atoms with E-state index in [-0.39, 0.29) is 12.1 Å². The predicted molar refractivity (Wildman–Crippen MR) is 79.5 cm³/mol. The average Bonchev–Trinajstić information content (AvgIpc) is 3.20. The summed E-state index contributed by atoms with van der Waals surface area (Å²) in [5.41, 5.74) is 0.517. The van der Waals surface area contributed by atoms with Gasteiger partial charge in [0.15, 0.2) is 0 Å². The van der Waals surface area contributed by atoms with Gasteiger partial charge in [0.25, 0.3) is 0 Å². The van der Waals surface area contributed by atoms with Crippen molar-refractivity contribution in [3.8, 4) is 0 Å². The fraction of sp³-hybridized carbons (Fsp3) is 0.625. The van der Waals surface area contributed by atoms with Gasteiger partial charge in [0.05, 0.1) is 12.2 Å².